The Morgan fingerprint density at radius 3 is 2.62 bits per heavy atom. The van der Waals surface area contributed by atoms with Gasteiger partial charge in [-0.1, -0.05) is 0 Å². The van der Waals surface area contributed by atoms with Gasteiger partial charge in [-0.3, -0.25) is 4.79 Å². The minimum Gasteiger partial charge on any atom is -0.481 e. The highest BCUT2D eigenvalue weighted by Gasteiger charge is 2.47. The predicted octanol–water partition coefficient (Wildman–Crippen LogP) is 3.95. The Hall–Kier alpha value is -3.82. The number of aliphatic carboxylic acids is 1. The van der Waals surface area contributed by atoms with Crippen molar-refractivity contribution in [3.63, 3.8) is 0 Å². The molecule has 0 saturated heterocycles. The average molecular weight is 462 g/mol. The van der Waals surface area contributed by atoms with E-state index in [9.17, 15) is 9.90 Å². The van der Waals surface area contributed by atoms with Crippen molar-refractivity contribution in [2.24, 2.45) is 17.8 Å². The van der Waals surface area contributed by atoms with Gasteiger partial charge in [-0.05, 0) is 56.6 Å². The molecule has 7 rings (SSSR count). The number of hydrogen-bond acceptors (Lipinski definition) is 6. The molecule has 174 valence electrons. The normalized spacial score (nSPS) is 23.9. The number of H-pyrrole nitrogens is 1. The van der Waals surface area contributed by atoms with E-state index in [0.29, 0.717) is 16.7 Å². The van der Waals surface area contributed by atoms with Crippen LogP contribution in [0, 0.1) is 30.5 Å². The molecule has 2 bridgehead atoms. The number of aromatic nitrogens is 6. The van der Waals surface area contributed by atoms with Gasteiger partial charge in [0.25, 0.3) is 0 Å². The van der Waals surface area contributed by atoms with E-state index in [1.807, 2.05) is 6.92 Å². The number of rotatable bonds is 5. The summed E-state index contributed by atoms with van der Waals surface area (Å²) >= 11 is 0. The van der Waals surface area contributed by atoms with Crippen LogP contribution in [0.4, 0.5) is 10.2 Å². The van der Waals surface area contributed by atoms with Gasteiger partial charge in [0.2, 0.25) is 5.82 Å². The Morgan fingerprint density at radius 2 is 1.88 bits per heavy atom. The highest BCUT2D eigenvalue weighted by Crippen LogP contribution is 2.46. The van der Waals surface area contributed by atoms with Crippen molar-refractivity contribution < 1.29 is 14.3 Å². The zero-order valence-electron chi connectivity index (χ0n) is 18.6. The molecule has 3 N–H and O–H groups in total. The molecule has 2 atom stereocenters. The number of fused-ring (bicyclic) bond motifs is 4. The summed E-state index contributed by atoms with van der Waals surface area (Å²) in [5, 5.41) is 13.2. The number of aryl methyl sites for hydroxylation is 1. The fourth-order valence-electron chi connectivity index (χ4n) is 5.62. The summed E-state index contributed by atoms with van der Waals surface area (Å²) in [6.45, 7) is 1.84. The molecule has 10 heteroatoms. The SMILES string of the molecule is Cc1cnc2[nH]cc(-c3nc(N[C@H]4C5CCC(CC5)[C@@H]4C(=O)O)c(F)c(-n4cccc4)n3)c2n1. The molecule has 0 unspecified atom stereocenters. The summed E-state index contributed by atoms with van der Waals surface area (Å²) in [6.07, 6.45) is 10.5. The number of hydrogen-bond donors (Lipinski definition) is 3. The minimum absolute atomic E-state index is 0.00691. The van der Waals surface area contributed by atoms with Crippen LogP contribution in [0.25, 0.3) is 28.4 Å². The Bertz CT molecular complexity index is 1380. The number of halogens is 1. The molecule has 3 saturated carbocycles. The molecule has 4 heterocycles. The Kier molecular flexibility index (Phi) is 4.82. The van der Waals surface area contributed by atoms with Gasteiger partial charge in [-0.25, -0.2) is 19.9 Å². The summed E-state index contributed by atoms with van der Waals surface area (Å²) in [6, 6.07) is 3.19. The third kappa shape index (κ3) is 3.32. The highest BCUT2D eigenvalue weighted by molar-refractivity contribution is 5.88. The largest absolute Gasteiger partial charge is 0.481 e. The number of nitrogens with zero attached hydrogens (tertiary/aromatic N) is 5. The Balaban J connectivity index is 1.49. The fraction of sp³-hybridized carbons (Fsp3) is 0.375. The van der Waals surface area contributed by atoms with Crippen LogP contribution in [0.5, 0.6) is 0 Å². The standard InChI is InChI=1S/C24H24FN7O2/c1-12-10-26-22-19(28-12)15(11-27-22)20-30-21(17(25)23(31-20)32-8-2-3-9-32)29-18-14-6-4-13(5-7-14)16(18)24(33)34/h2-3,8-11,13-14,16,18H,4-7H2,1H3,(H,26,27)(H,33,34)(H,29,30,31)/t13?,14?,16-,18-/m0/s1. The number of carboxylic acid groups (broad SMARTS) is 1. The molecular formula is C24H24FN7O2. The minimum atomic E-state index is -0.838. The lowest BCUT2D eigenvalue weighted by atomic mass is 9.61. The number of anilines is 1. The molecule has 0 radical (unpaired) electrons. The molecule has 0 amide bonds. The maximum Gasteiger partial charge on any atom is 0.308 e. The smallest absolute Gasteiger partial charge is 0.308 e. The third-order valence-corrected chi connectivity index (χ3v) is 7.23. The molecular weight excluding hydrogens is 437 g/mol. The second-order valence-corrected chi connectivity index (χ2v) is 9.24. The van der Waals surface area contributed by atoms with E-state index < -0.39 is 17.7 Å². The van der Waals surface area contributed by atoms with E-state index in [4.69, 9.17) is 0 Å². The average Bonchev–Trinajstić information content (AvgIpc) is 3.51. The van der Waals surface area contributed by atoms with E-state index in [1.165, 1.54) is 0 Å². The van der Waals surface area contributed by atoms with Gasteiger partial charge in [0.15, 0.2) is 23.1 Å². The maximum atomic E-state index is 15.8. The first-order valence-electron chi connectivity index (χ1n) is 11.5. The zero-order valence-corrected chi connectivity index (χ0v) is 18.6. The molecule has 0 aromatic carbocycles. The molecule has 3 aliphatic rings. The van der Waals surface area contributed by atoms with E-state index in [2.05, 4.69) is 30.2 Å². The van der Waals surface area contributed by atoms with Crippen LogP contribution < -0.4 is 5.32 Å². The van der Waals surface area contributed by atoms with Crippen LogP contribution in [0.1, 0.15) is 31.4 Å². The van der Waals surface area contributed by atoms with Gasteiger partial charge >= 0.3 is 5.97 Å². The van der Waals surface area contributed by atoms with Crippen LogP contribution in [-0.4, -0.2) is 46.6 Å². The van der Waals surface area contributed by atoms with Gasteiger partial charge in [-0.2, -0.15) is 4.39 Å². The van der Waals surface area contributed by atoms with E-state index in [1.54, 1.807) is 41.5 Å². The lowest BCUT2D eigenvalue weighted by Crippen LogP contribution is -2.51. The van der Waals surface area contributed by atoms with Gasteiger partial charge in [0.1, 0.15) is 5.52 Å². The van der Waals surface area contributed by atoms with Crippen molar-refractivity contribution in [3.8, 4) is 17.2 Å². The number of nitrogens with one attached hydrogen (secondary N) is 2. The van der Waals surface area contributed by atoms with E-state index in [-0.39, 0.29) is 35.3 Å². The van der Waals surface area contributed by atoms with Crippen molar-refractivity contribution in [2.75, 3.05) is 5.32 Å². The Labute approximate surface area is 194 Å². The van der Waals surface area contributed by atoms with Gasteiger partial charge in [0, 0.05) is 24.6 Å². The van der Waals surface area contributed by atoms with Gasteiger partial charge in [0.05, 0.1) is 23.4 Å². The first-order valence-corrected chi connectivity index (χ1v) is 11.5. The molecule has 0 spiro atoms. The molecule has 3 aliphatic carbocycles. The summed E-state index contributed by atoms with van der Waals surface area (Å²) in [5.74, 6) is -1.38. The van der Waals surface area contributed by atoms with Crippen LogP contribution >= 0.6 is 0 Å². The topological polar surface area (TPSA) is 122 Å². The van der Waals surface area contributed by atoms with Crippen LogP contribution in [0.3, 0.4) is 0 Å². The van der Waals surface area contributed by atoms with E-state index >= 15 is 4.39 Å². The Morgan fingerprint density at radius 1 is 1.15 bits per heavy atom. The summed E-state index contributed by atoms with van der Waals surface area (Å²) in [7, 11) is 0. The van der Waals surface area contributed by atoms with Crippen LogP contribution in [0.15, 0.2) is 36.9 Å². The van der Waals surface area contributed by atoms with E-state index in [0.717, 1.165) is 31.4 Å². The van der Waals surface area contributed by atoms with Crippen LogP contribution in [-0.2, 0) is 4.79 Å². The number of carbonyl (C=O) groups is 1. The van der Waals surface area contributed by atoms with Crippen molar-refractivity contribution in [2.45, 2.75) is 38.6 Å². The molecule has 0 aliphatic heterocycles. The molecule has 34 heavy (non-hydrogen) atoms. The fourth-order valence-corrected chi connectivity index (χ4v) is 5.62. The maximum absolute atomic E-state index is 15.8. The first kappa shape index (κ1) is 20.8. The lowest BCUT2D eigenvalue weighted by Gasteiger charge is -2.47. The lowest BCUT2D eigenvalue weighted by molar-refractivity contribution is -0.148. The quantitative estimate of drug-likeness (QED) is 0.411. The highest BCUT2D eigenvalue weighted by atomic mass is 19.1. The number of carboxylic acids is 1. The third-order valence-electron chi connectivity index (χ3n) is 7.23. The van der Waals surface area contributed by atoms with Crippen molar-refractivity contribution >= 4 is 23.0 Å². The van der Waals surface area contributed by atoms with Crippen molar-refractivity contribution in [3.05, 3.63) is 48.4 Å². The summed E-state index contributed by atoms with van der Waals surface area (Å²) in [5.41, 5.74) is 2.52. The predicted molar refractivity (Wildman–Crippen MR) is 123 cm³/mol. The second-order valence-electron chi connectivity index (χ2n) is 9.24. The van der Waals surface area contributed by atoms with Crippen molar-refractivity contribution in [1.82, 2.24) is 29.5 Å². The summed E-state index contributed by atoms with van der Waals surface area (Å²) < 4.78 is 17.4. The zero-order chi connectivity index (χ0) is 23.4. The second kappa shape index (κ2) is 7.89. The molecule has 9 nitrogen and oxygen atoms in total. The van der Waals surface area contributed by atoms with Gasteiger partial charge in [-0.15, -0.1) is 0 Å². The molecule has 4 aromatic heterocycles. The molecule has 4 aromatic rings. The first-order chi connectivity index (χ1) is 16.5. The monoisotopic (exact) mass is 461 g/mol. The van der Waals surface area contributed by atoms with Gasteiger partial charge < -0.3 is 20.0 Å². The molecule has 3 fully saturated rings. The van der Waals surface area contributed by atoms with Crippen molar-refractivity contribution in [1.29, 1.82) is 0 Å². The summed E-state index contributed by atoms with van der Waals surface area (Å²) in [4.78, 5) is 33.2. The van der Waals surface area contributed by atoms with Crippen LogP contribution in [0.2, 0.25) is 0 Å². The number of aromatic amines is 1.